The van der Waals surface area contributed by atoms with Crippen molar-refractivity contribution >= 4 is 11.4 Å². The zero-order chi connectivity index (χ0) is 22.3. The molecule has 3 heteroatoms. The number of hydrogen-bond acceptors (Lipinski definition) is 3. The number of nitrogen functional groups attached to an aromatic ring is 2. The number of hydrogen-bond donors (Lipinski definition) is 2. The van der Waals surface area contributed by atoms with E-state index in [0.29, 0.717) is 23.0 Å². The Morgan fingerprint density at radius 3 is 1.94 bits per heavy atom. The zero-order valence-corrected chi connectivity index (χ0v) is 19.9. The van der Waals surface area contributed by atoms with Gasteiger partial charge in [0.1, 0.15) is 5.75 Å². The first-order valence-corrected chi connectivity index (χ1v) is 13.1. The largest absolute Gasteiger partial charge is 0.453 e. The highest BCUT2D eigenvalue weighted by Crippen LogP contribution is 2.45. The number of para-hydroxylation sites is 1. The third-order valence-electron chi connectivity index (χ3n) is 8.19. The van der Waals surface area contributed by atoms with Gasteiger partial charge in [0.2, 0.25) is 0 Å². The summed E-state index contributed by atoms with van der Waals surface area (Å²) in [5, 5.41) is 0. The molecule has 0 aromatic heterocycles. The van der Waals surface area contributed by atoms with Crippen molar-refractivity contribution in [3.63, 3.8) is 0 Å². The van der Waals surface area contributed by atoms with Gasteiger partial charge in [-0.05, 0) is 92.0 Å². The molecule has 0 unspecified atom stereocenters. The van der Waals surface area contributed by atoms with Gasteiger partial charge in [-0.15, -0.1) is 0 Å². The Labute approximate surface area is 194 Å². The number of anilines is 2. The van der Waals surface area contributed by atoms with Gasteiger partial charge in [0, 0.05) is 0 Å². The average molecular weight is 435 g/mol. The fourth-order valence-corrected chi connectivity index (χ4v) is 6.17. The van der Waals surface area contributed by atoms with Gasteiger partial charge in [-0.1, -0.05) is 63.6 Å². The number of unbranched alkanes of at least 4 members (excludes halogenated alkanes) is 2. The van der Waals surface area contributed by atoms with Crippen molar-refractivity contribution in [3.05, 3.63) is 48.0 Å². The van der Waals surface area contributed by atoms with Crippen LogP contribution in [0, 0.1) is 17.8 Å². The molecule has 2 aliphatic carbocycles. The molecule has 32 heavy (non-hydrogen) atoms. The number of benzene rings is 2. The van der Waals surface area contributed by atoms with Gasteiger partial charge >= 0.3 is 0 Å². The lowest BCUT2D eigenvalue weighted by molar-refractivity contribution is 0.155. The first-order valence-electron chi connectivity index (χ1n) is 13.1. The molecule has 0 atom stereocenters. The third kappa shape index (κ3) is 5.79. The monoisotopic (exact) mass is 434 g/mol. The molecular weight excluding hydrogens is 392 g/mol. The van der Waals surface area contributed by atoms with Gasteiger partial charge in [0.05, 0.1) is 11.4 Å². The molecule has 0 radical (unpaired) electrons. The normalized spacial score (nSPS) is 26.0. The topological polar surface area (TPSA) is 61.3 Å². The van der Waals surface area contributed by atoms with Gasteiger partial charge in [-0.3, -0.25) is 0 Å². The lowest BCUT2D eigenvalue weighted by Gasteiger charge is -2.38. The average Bonchev–Trinajstić information content (AvgIpc) is 2.83. The van der Waals surface area contributed by atoms with Crippen molar-refractivity contribution in [1.29, 1.82) is 0 Å². The Hall–Kier alpha value is -2.16. The minimum absolute atomic E-state index is 0.556. The van der Waals surface area contributed by atoms with Crippen LogP contribution in [0.5, 0.6) is 11.5 Å². The Morgan fingerprint density at radius 2 is 1.34 bits per heavy atom. The quantitative estimate of drug-likeness (QED) is 0.324. The highest BCUT2D eigenvalue weighted by atomic mass is 16.5. The highest BCUT2D eigenvalue weighted by Gasteiger charge is 2.31. The van der Waals surface area contributed by atoms with Crippen molar-refractivity contribution in [2.45, 2.75) is 89.9 Å². The van der Waals surface area contributed by atoms with E-state index in [-0.39, 0.29) is 0 Å². The molecule has 2 aromatic carbocycles. The van der Waals surface area contributed by atoms with E-state index < -0.39 is 0 Å². The molecule has 0 bridgehead atoms. The van der Waals surface area contributed by atoms with Crippen molar-refractivity contribution in [3.8, 4) is 11.5 Å². The predicted octanol–water partition coefficient (Wildman–Crippen LogP) is 8.30. The summed E-state index contributed by atoms with van der Waals surface area (Å²) in [6.07, 6.45) is 17.2. The molecule has 0 aliphatic heterocycles. The second kappa shape index (κ2) is 11.1. The predicted molar refractivity (Wildman–Crippen MR) is 136 cm³/mol. The third-order valence-corrected chi connectivity index (χ3v) is 8.19. The maximum atomic E-state index is 6.02. The number of nitrogens with two attached hydrogens (primary N) is 2. The summed E-state index contributed by atoms with van der Waals surface area (Å²) in [6, 6.07) is 14.1. The molecule has 0 amide bonds. The van der Waals surface area contributed by atoms with E-state index >= 15 is 0 Å². The van der Waals surface area contributed by atoms with Crippen LogP contribution in [0.3, 0.4) is 0 Å². The van der Waals surface area contributed by atoms with E-state index in [0.717, 1.165) is 23.5 Å². The Balaban J connectivity index is 1.24. The summed E-state index contributed by atoms with van der Waals surface area (Å²) in [6.45, 7) is 2.31. The molecule has 2 fully saturated rings. The Bertz CT molecular complexity index is 810. The summed E-state index contributed by atoms with van der Waals surface area (Å²) in [5.74, 6) is 5.03. The van der Waals surface area contributed by atoms with E-state index in [2.05, 4.69) is 31.2 Å². The second-order valence-electron chi connectivity index (χ2n) is 10.3. The van der Waals surface area contributed by atoms with Crippen LogP contribution >= 0.6 is 0 Å². The van der Waals surface area contributed by atoms with E-state index in [9.17, 15) is 0 Å². The maximum Gasteiger partial charge on any atom is 0.173 e. The molecule has 0 heterocycles. The standard InChI is InChI=1S/C29H42N2O/c1-2-3-4-6-21-9-11-22(12-10-21)23-13-15-24(16-14-23)25-17-19-26(20-18-25)32-29-27(30)7-5-8-28(29)31/h5,7-8,17-24H,2-4,6,9-16,30-31H2,1H3. The van der Waals surface area contributed by atoms with E-state index in [1.165, 1.54) is 82.6 Å². The molecule has 4 rings (SSSR count). The molecule has 0 spiro atoms. The first-order chi connectivity index (χ1) is 15.6. The Kier molecular flexibility index (Phi) is 8.00. The SMILES string of the molecule is CCCCCC1CCC(C2CCC(c3ccc(Oc4c(N)cccc4N)cc3)CC2)CC1. The summed E-state index contributed by atoms with van der Waals surface area (Å²) < 4.78 is 5.97. The minimum atomic E-state index is 0.556. The summed E-state index contributed by atoms with van der Waals surface area (Å²) in [7, 11) is 0. The fourth-order valence-electron chi connectivity index (χ4n) is 6.17. The number of rotatable bonds is 8. The van der Waals surface area contributed by atoms with Gasteiger partial charge in [-0.25, -0.2) is 0 Å². The zero-order valence-electron chi connectivity index (χ0n) is 19.9. The van der Waals surface area contributed by atoms with Crippen LogP contribution in [0.25, 0.3) is 0 Å². The van der Waals surface area contributed by atoms with Gasteiger partial charge in [-0.2, -0.15) is 0 Å². The maximum absolute atomic E-state index is 6.02. The van der Waals surface area contributed by atoms with Crippen molar-refractivity contribution < 1.29 is 4.74 Å². The summed E-state index contributed by atoms with van der Waals surface area (Å²) in [5.41, 5.74) is 14.6. The summed E-state index contributed by atoms with van der Waals surface area (Å²) >= 11 is 0. The molecule has 2 aliphatic rings. The number of ether oxygens (including phenoxy) is 1. The van der Waals surface area contributed by atoms with Crippen molar-refractivity contribution in [1.82, 2.24) is 0 Å². The van der Waals surface area contributed by atoms with Crippen LogP contribution in [0.1, 0.15) is 95.5 Å². The van der Waals surface area contributed by atoms with Crippen LogP contribution in [0.4, 0.5) is 11.4 Å². The van der Waals surface area contributed by atoms with E-state index in [1.807, 2.05) is 18.2 Å². The molecule has 3 nitrogen and oxygen atoms in total. The van der Waals surface area contributed by atoms with Crippen molar-refractivity contribution in [2.24, 2.45) is 17.8 Å². The van der Waals surface area contributed by atoms with E-state index in [4.69, 9.17) is 16.2 Å². The van der Waals surface area contributed by atoms with Crippen LogP contribution < -0.4 is 16.2 Å². The summed E-state index contributed by atoms with van der Waals surface area (Å²) in [4.78, 5) is 0. The van der Waals surface area contributed by atoms with Crippen LogP contribution in [0.15, 0.2) is 42.5 Å². The molecule has 4 N–H and O–H groups in total. The second-order valence-corrected chi connectivity index (χ2v) is 10.3. The molecule has 0 saturated heterocycles. The first kappa shape index (κ1) is 23.0. The molecule has 2 aromatic rings. The van der Waals surface area contributed by atoms with Crippen molar-refractivity contribution in [2.75, 3.05) is 11.5 Å². The van der Waals surface area contributed by atoms with E-state index in [1.54, 1.807) is 0 Å². The minimum Gasteiger partial charge on any atom is -0.453 e. The molecular formula is C29H42N2O. The van der Waals surface area contributed by atoms with Gasteiger partial charge in [0.15, 0.2) is 5.75 Å². The molecule has 2 saturated carbocycles. The highest BCUT2D eigenvalue weighted by molar-refractivity contribution is 5.67. The lowest BCUT2D eigenvalue weighted by atomic mass is 9.68. The lowest BCUT2D eigenvalue weighted by Crippen LogP contribution is -2.25. The molecule has 174 valence electrons. The van der Waals surface area contributed by atoms with Gasteiger partial charge in [0.25, 0.3) is 0 Å². The Morgan fingerprint density at radius 1 is 0.750 bits per heavy atom. The van der Waals surface area contributed by atoms with Crippen LogP contribution in [-0.4, -0.2) is 0 Å². The van der Waals surface area contributed by atoms with Crippen LogP contribution in [0.2, 0.25) is 0 Å². The van der Waals surface area contributed by atoms with Crippen LogP contribution in [-0.2, 0) is 0 Å². The van der Waals surface area contributed by atoms with Gasteiger partial charge < -0.3 is 16.2 Å². The smallest absolute Gasteiger partial charge is 0.173 e. The fraction of sp³-hybridized carbons (Fsp3) is 0.586.